The topological polar surface area (TPSA) is 55.1 Å². The minimum Gasteiger partial charge on any atom is -0.347 e. The third-order valence-corrected chi connectivity index (χ3v) is 3.77. The molecule has 3 N–H and O–H groups in total. The molecule has 1 aromatic carbocycles. The minimum absolute atomic E-state index is 0.159. The van der Waals surface area contributed by atoms with Crippen molar-refractivity contribution in [2.24, 2.45) is 5.73 Å². The normalized spacial score (nSPS) is 9.86. The summed E-state index contributed by atoms with van der Waals surface area (Å²) in [6.07, 6.45) is 0. The van der Waals surface area contributed by atoms with E-state index in [1.165, 1.54) is 23.1 Å². The molecule has 2 aromatic rings. The Morgan fingerprint density at radius 1 is 1.38 bits per heavy atom. The fraction of sp³-hybridized carbons (Fsp3) is 0.188. The summed E-state index contributed by atoms with van der Waals surface area (Å²) < 4.78 is 13.3. The van der Waals surface area contributed by atoms with Crippen molar-refractivity contribution in [3.63, 3.8) is 0 Å². The van der Waals surface area contributed by atoms with Gasteiger partial charge in [-0.15, -0.1) is 11.3 Å². The monoisotopic (exact) mass is 302 g/mol. The number of hydrogen-bond donors (Lipinski definition) is 2. The molecule has 0 aliphatic heterocycles. The van der Waals surface area contributed by atoms with Gasteiger partial charge in [0.15, 0.2) is 0 Å². The Morgan fingerprint density at radius 3 is 2.86 bits per heavy atom. The SMILES string of the molecule is Cc1ccc(CNC(=O)c2ccc(F)cc2C#CCN)s1. The van der Waals surface area contributed by atoms with E-state index in [2.05, 4.69) is 17.2 Å². The van der Waals surface area contributed by atoms with E-state index in [4.69, 9.17) is 5.73 Å². The van der Waals surface area contributed by atoms with Crippen molar-refractivity contribution in [1.29, 1.82) is 0 Å². The fourth-order valence-corrected chi connectivity index (χ4v) is 2.64. The lowest BCUT2D eigenvalue weighted by atomic mass is 10.1. The first-order chi connectivity index (χ1) is 10.1. The van der Waals surface area contributed by atoms with Gasteiger partial charge in [-0.2, -0.15) is 0 Å². The second-order valence-corrected chi connectivity index (χ2v) is 5.76. The molecule has 0 radical (unpaired) electrons. The van der Waals surface area contributed by atoms with Crippen molar-refractivity contribution < 1.29 is 9.18 Å². The summed E-state index contributed by atoms with van der Waals surface area (Å²) in [7, 11) is 0. The number of halogens is 1. The van der Waals surface area contributed by atoms with Gasteiger partial charge in [0.2, 0.25) is 0 Å². The highest BCUT2D eigenvalue weighted by molar-refractivity contribution is 7.11. The molecule has 0 saturated carbocycles. The molecule has 1 amide bonds. The van der Waals surface area contributed by atoms with E-state index >= 15 is 0 Å². The lowest BCUT2D eigenvalue weighted by Crippen LogP contribution is -2.23. The molecule has 5 heteroatoms. The number of amides is 1. The van der Waals surface area contributed by atoms with Gasteiger partial charge in [0, 0.05) is 15.3 Å². The lowest BCUT2D eigenvalue weighted by Gasteiger charge is -2.06. The minimum atomic E-state index is -0.429. The average Bonchev–Trinajstić information content (AvgIpc) is 2.88. The van der Waals surface area contributed by atoms with Crippen LogP contribution < -0.4 is 11.1 Å². The molecule has 0 aliphatic rings. The number of carbonyl (C=O) groups excluding carboxylic acids is 1. The summed E-state index contributed by atoms with van der Waals surface area (Å²) in [6, 6.07) is 7.90. The van der Waals surface area contributed by atoms with Gasteiger partial charge in [0.05, 0.1) is 18.7 Å². The number of benzene rings is 1. The van der Waals surface area contributed by atoms with Crippen LogP contribution in [0.3, 0.4) is 0 Å². The molecule has 108 valence electrons. The number of rotatable bonds is 3. The summed E-state index contributed by atoms with van der Waals surface area (Å²) in [4.78, 5) is 14.4. The van der Waals surface area contributed by atoms with Crippen LogP contribution in [0.25, 0.3) is 0 Å². The Morgan fingerprint density at radius 2 is 2.19 bits per heavy atom. The summed E-state index contributed by atoms with van der Waals surface area (Å²) in [6.45, 7) is 2.61. The summed E-state index contributed by atoms with van der Waals surface area (Å²) in [5.41, 5.74) is 6.01. The zero-order valence-corrected chi connectivity index (χ0v) is 12.4. The van der Waals surface area contributed by atoms with Gasteiger partial charge in [0.1, 0.15) is 5.82 Å². The first-order valence-corrected chi connectivity index (χ1v) is 7.24. The third-order valence-electron chi connectivity index (χ3n) is 2.77. The average molecular weight is 302 g/mol. The quantitative estimate of drug-likeness (QED) is 0.856. The molecule has 2 rings (SSSR count). The van der Waals surface area contributed by atoms with E-state index in [0.29, 0.717) is 17.7 Å². The number of aryl methyl sites for hydroxylation is 1. The number of nitrogens with two attached hydrogens (primary N) is 1. The van der Waals surface area contributed by atoms with Gasteiger partial charge in [-0.3, -0.25) is 4.79 Å². The van der Waals surface area contributed by atoms with Crippen LogP contribution in [-0.4, -0.2) is 12.5 Å². The maximum atomic E-state index is 13.3. The van der Waals surface area contributed by atoms with Gasteiger partial charge < -0.3 is 11.1 Å². The Kier molecular flexibility index (Phi) is 5.09. The molecule has 21 heavy (non-hydrogen) atoms. The first kappa shape index (κ1) is 15.2. The second kappa shape index (κ2) is 7.02. The van der Waals surface area contributed by atoms with Crippen LogP contribution in [-0.2, 0) is 6.54 Å². The van der Waals surface area contributed by atoms with E-state index < -0.39 is 5.82 Å². The lowest BCUT2D eigenvalue weighted by molar-refractivity contribution is 0.0951. The van der Waals surface area contributed by atoms with Gasteiger partial charge in [-0.1, -0.05) is 11.8 Å². The van der Waals surface area contributed by atoms with E-state index in [0.717, 1.165) is 4.88 Å². The number of nitrogens with one attached hydrogen (secondary N) is 1. The van der Waals surface area contributed by atoms with Crippen LogP contribution in [0.1, 0.15) is 25.7 Å². The predicted octanol–water partition coefficient (Wildman–Crippen LogP) is 2.44. The van der Waals surface area contributed by atoms with E-state index in [1.807, 2.05) is 19.1 Å². The molecule has 0 saturated heterocycles. The van der Waals surface area contributed by atoms with Gasteiger partial charge in [-0.05, 0) is 37.3 Å². The molecule has 3 nitrogen and oxygen atoms in total. The molecule has 1 heterocycles. The van der Waals surface area contributed by atoms with Crippen molar-refractivity contribution in [2.45, 2.75) is 13.5 Å². The predicted molar refractivity (Wildman–Crippen MR) is 82.6 cm³/mol. The standard InChI is InChI=1S/C16H15FN2OS/c1-11-4-6-14(21-11)10-19-16(20)15-7-5-13(17)9-12(15)3-2-8-18/h4-7,9H,8,10,18H2,1H3,(H,19,20). The van der Waals surface area contributed by atoms with Crippen molar-refractivity contribution in [3.05, 3.63) is 57.0 Å². The largest absolute Gasteiger partial charge is 0.347 e. The zero-order valence-electron chi connectivity index (χ0n) is 11.6. The summed E-state index contributed by atoms with van der Waals surface area (Å²) in [5.74, 6) is 4.66. The maximum Gasteiger partial charge on any atom is 0.252 e. The fourth-order valence-electron chi connectivity index (χ4n) is 1.81. The summed E-state index contributed by atoms with van der Waals surface area (Å²) >= 11 is 1.63. The molecule has 0 bridgehead atoms. The molecule has 0 spiro atoms. The van der Waals surface area contributed by atoms with Crippen molar-refractivity contribution in [3.8, 4) is 11.8 Å². The highest BCUT2D eigenvalue weighted by atomic mass is 32.1. The number of hydrogen-bond acceptors (Lipinski definition) is 3. The number of thiophene rings is 1. The smallest absolute Gasteiger partial charge is 0.252 e. The molecule has 0 atom stereocenters. The van der Waals surface area contributed by atoms with Crippen LogP contribution in [0.15, 0.2) is 30.3 Å². The second-order valence-electron chi connectivity index (χ2n) is 4.39. The molecule has 0 aliphatic carbocycles. The van der Waals surface area contributed by atoms with Crippen molar-refractivity contribution >= 4 is 17.2 Å². The Labute approximate surface area is 127 Å². The van der Waals surface area contributed by atoms with E-state index in [-0.39, 0.29) is 12.5 Å². The number of carbonyl (C=O) groups is 1. The van der Waals surface area contributed by atoms with Crippen molar-refractivity contribution in [2.75, 3.05) is 6.54 Å². The van der Waals surface area contributed by atoms with Crippen LogP contribution in [0, 0.1) is 24.6 Å². The van der Waals surface area contributed by atoms with Crippen LogP contribution in [0.5, 0.6) is 0 Å². The molecule has 0 unspecified atom stereocenters. The van der Waals surface area contributed by atoms with Crippen LogP contribution in [0.4, 0.5) is 4.39 Å². The molecular weight excluding hydrogens is 287 g/mol. The third kappa shape index (κ3) is 4.15. The Balaban J connectivity index is 2.14. The highest BCUT2D eigenvalue weighted by Gasteiger charge is 2.11. The zero-order chi connectivity index (χ0) is 15.2. The Bertz CT molecular complexity index is 713. The van der Waals surface area contributed by atoms with Crippen LogP contribution >= 0.6 is 11.3 Å². The van der Waals surface area contributed by atoms with Crippen molar-refractivity contribution in [1.82, 2.24) is 5.32 Å². The van der Waals surface area contributed by atoms with Crippen LogP contribution in [0.2, 0.25) is 0 Å². The van der Waals surface area contributed by atoms with E-state index in [1.54, 1.807) is 11.3 Å². The molecule has 1 aromatic heterocycles. The van der Waals surface area contributed by atoms with E-state index in [9.17, 15) is 9.18 Å². The molecule has 0 fully saturated rings. The summed E-state index contributed by atoms with van der Waals surface area (Å²) in [5, 5.41) is 2.81. The maximum absolute atomic E-state index is 13.3. The van der Waals surface area contributed by atoms with Gasteiger partial charge in [0.25, 0.3) is 5.91 Å². The van der Waals surface area contributed by atoms with Gasteiger partial charge >= 0.3 is 0 Å². The highest BCUT2D eigenvalue weighted by Crippen LogP contribution is 2.15. The molecular formula is C16H15FN2OS. The Hall–Kier alpha value is -2.16. The van der Waals surface area contributed by atoms with Gasteiger partial charge in [-0.25, -0.2) is 4.39 Å². The first-order valence-electron chi connectivity index (χ1n) is 6.42.